The summed E-state index contributed by atoms with van der Waals surface area (Å²) in [7, 11) is 0. The molecule has 1 fully saturated rings. The van der Waals surface area contributed by atoms with Crippen LogP contribution < -0.4 is 5.32 Å². The van der Waals surface area contributed by atoms with E-state index in [0.717, 1.165) is 30.7 Å². The van der Waals surface area contributed by atoms with Crippen molar-refractivity contribution < 1.29 is 19.1 Å². The first kappa shape index (κ1) is 17.7. The van der Waals surface area contributed by atoms with E-state index in [2.05, 4.69) is 15.5 Å². The van der Waals surface area contributed by atoms with Crippen molar-refractivity contribution >= 4 is 12.0 Å². The van der Waals surface area contributed by atoms with Crippen LogP contribution in [0.5, 0.6) is 0 Å². The molecule has 1 aromatic heterocycles. The topological polar surface area (TPSA) is 96.5 Å². The number of aromatic nitrogens is 2. The molecule has 3 heterocycles. The standard InChI is InChI=1S/C17H26N4O4/c1-17(2,3)25-16(23)21-7-6-13-12(10-21)14(20-19-13)15(22)18-9-11-5-4-8-24-11/h11H,4-10H2,1-3H3,(H,18,22)(H,19,20). The molecule has 8 heteroatoms. The van der Waals surface area contributed by atoms with Gasteiger partial charge in [0.2, 0.25) is 0 Å². The number of fused-ring (bicyclic) bond motifs is 1. The van der Waals surface area contributed by atoms with Crippen molar-refractivity contribution in [3.05, 3.63) is 17.0 Å². The molecule has 138 valence electrons. The summed E-state index contributed by atoms with van der Waals surface area (Å²) in [5.74, 6) is -0.237. The summed E-state index contributed by atoms with van der Waals surface area (Å²) in [6.45, 7) is 7.61. The number of carbonyl (C=O) groups excluding carboxylic acids is 2. The fourth-order valence-corrected chi connectivity index (χ4v) is 3.06. The largest absolute Gasteiger partial charge is 0.444 e. The van der Waals surface area contributed by atoms with E-state index < -0.39 is 5.60 Å². The Balaban J connectivity index is 1.64. The van der Waals surface area contributed by atoms with Gasteiger partial charge in [-0.1, -0.05) is 0 Å². The molecule has 2 aliphatic rings. The number of aromatic amines is 1. The Kier molecular flexibility index (Phi) is 4.99. The van der Waals surface area contributed by atoms with Gasteiger partial charge in [0.05, 0.1) is 12.6 Å². The Morgan fingerprint density at radius 3 is 2.92 bits per heavy atom. The Bertz CT molecular complexity index is 644. The Labute approximate surface area is 147 Å². The van der Waals surface area contributed by atoms with Crippen molar-refractivity contribution in [1.29, 1.82) is 0 Å². The van der Waals surface area contributed by atoms with E-state index in [1.807, 2.05) is 20.8 Å². The highest BCUT2D eigenvalue weighted by Crippen LogP contribution is 2.22. The fraction of sp³-hybridized carbons (Fsp3) is 0.706. The predicted molar refractivity (Wildman–Crippen MR) is 90.2 cm³/mol. The van der Waals surface area contributed by atoms with Crippen LogP contribution >= 0.6 is 0 Å². The predicted octanol–water partition coefficient (Wildman–Crippen LogP) is 1.61. The number of nitrogens with zero attached hydrogens (tertiary/aromatic N) is 2. The van der Waals surface area contributed by atoms with Crippen LogP contribution in [-0.4, -0.2) is 58.5 Å². The third-order valence-electron chi connectivity index (χ3n) is 4.31. The average molecular weight is 350 g/mol. The van der Waals surface area contributed by atoms with E-state index in [1.165, 1.54) is 0 Å². The second-order valence-electron chi connectivity index (χ2n) is 7.53. The van der Waals surface area contributed by atoms with Crippen LogP contribution in [0.1, 0.15) is 55.4 Å². The molecule has 1 atom stereocenters. The average Bonchev–Trinajstić information content (AvgIpc) is 3.19. The van der Waals surface area contributed by atoms with Crippen molar-refractivity contribution in [2.24, 2.45) is 0 Å². The van der Waals surface area contributed by atoms with E-state index in [9.17, 15) is 9.59 Å². The highest BCUT2D eigenvalue weighted by Gasteiger charge is 2.30. The van der Waals surface area contributed by atoms with Crippen LogP contribution in [0, 0.1) is 0 Å². The molecule has 2 N–H and O–H groups in total. The Hall–Kier alpha value is -2.09. The van der Waals surface area contributed by atoms with Crippen LogP contribution in [0.15, 0.2) is 0 Å². The minimum absolute atomic E-state index is 0.0805. The summed E-state index contributed by atoms with van der Waals surface area (Å²) in [5, 5.41) is 9.95. The van der Waals surface area contributed by atoms with Crippen LogP contribution in [0.4, 0.5) is 4.79 Å². The van der Waals surface area contributed by atoms with Crippen LogP contribution in [0.3, 0.4) is 0 Å². The molecule has 8 nitrogen and oxygen atoms in total. The van der Waals surface area contributed by atoms with Gasteiger partial charge in [-0.25, -0.2) is 4.79 Å². The zero-order chi connectivity index (χ0) is 18.0. The van der Waals surface area contributed by atoms with Gasteiger partial charge in [0.1, 0.15) is 5.60 Å². The first-order valence-electron chi connectivity index (χ1n) is 8.77. The minimum Gasteiger partial charge on any atom is -0.444 e. The van der Waals surface area contributed by atoms with Crippen molar-refractivity contribution in [1.82, 2.24) is 20.4 Å². The number of hydrogen-bond acceptors (Lipinski definition) is 5. The highest BCUT2D eigenvalue weighted by molar-refractivity contribution is 5.94. The molecule has 0 saturated carbocycles. The lowest BCUT2D eigenvalue weighted by Crippen LogP contribution is -2.40. The second kappa shape index (κ2) is 7.03. The molecule has 0 bridgehead atoms. The number of H-pyrrole nitrogens is 1. The Morgan fingerprint density at radius 1 is 1.44 bits per heavy atom. The lowest BCUT2D eigenvalue weighted by atomic mass is 10.1. The van der Waals surface area contributed by atoms with Gasteiger partial charge in [-0.05, 0) is 33.6 Å². The van der Waals surface area contributed by atoms with Gasteiger partial charge in [0.15, 0.2) is 5.69 Å². The second-order valence-corrected chi connectivity index (χ2v) is 7.53. The maximum absolute atomic E-state index is 12.5. The van der Waals surface area contributed by atoms with E-state index in [0.29, 0.717) is 31.7 Å². The third-order valence-corrected chi connectivity index (χ3v) is 4.31. The summed E-state index contributed by atoms with van der Waals surface area (Å²) in [5.41, 5.74) is 1.47. The number of hydrogen-bond donors (Lipinski definition) is 2. The molecule has 2 amide bonds. The van der Waals surface area contributed by atoms with Gasteiger partial charge in [-0.15, -0.1) is 0 Å². The lowest BCUT2D eigenvalue weighted by molar-refractivity contribution is 0.0222. The molecular weight excluding hydrogens is 324 g/mol. The molecule has 25 heavy (non-hydrogen) atoms. The number of nitrogens with one attached hydrogen (secondary N) is 2. The normalized spacial score (nSPS) is 20.3. The van der Waals surface area contributed by atoms with Crippen LogP contribution in [0.25, 0.3) is 0 Å². The maximum atomic E-state index is 12.5. The number of ether oxygens (including phenoxy) is 2. The summed E-state index contributed by atoms with van der Waals surface area (Å²) in [4.78, 5) is 26.3. The van der Waals surface area contributed by atoms with Gasteiger partial charge in [-0.3, -0.25) is 9.89 Å². The van der Waals surface area contributed by atoms with Gasteiger partial charge >= 0.3 is 6.09 Å². The smallest absolute Gasteiger partial charge is 0.410 e. The summed E-state index contributed by atoms with van der Waals surface area (Å²) < 4.78 is 10.9. The van der Waals surface area contributed by atoms with Crippen molar-refractivity contribution in [3.8, 4) is 0 Å². The summed E-state index contributed by atoms with van der Waals surface area (Å²) in [6, 6.07) is 0. The number of amides is 2. The van der Waals surface area contributed by atoms with Crippen molar-refractivity contribution in [3.63, 3.8) is 0 Å². The summed E-state index contributed by atoms with van der Waals surface area (Å²) >= 11 is 0. The fourth-order valence-electron chi connectivity index (χ4n) is 3.06. The lowest BCUT2D eigenvalue weighted by Gasteiger charge is -2.30. The monoisotopic (exact) mass is 350 g/mol. The van der Waals surface area contributed by atoms with Crippen molar-refractivity contribution in [2.75, 3.05) is 19.7 Å². The molecule has 2 aliphatic heterocycles. The highest BCUT2D eigenvalue weighted by atomic mass is 16.6. The van der Waals surface area contributed by atoms with Gasteiger partial charge in [0.25, 0.3) is 5.91 Å². The van der Waals surface area contributed by atoms with E-state index >= 15 is 0 Å². The molecule has 0 radical (unpaired) electrons. The molecule has 0 spiro atoms. The molecular formula is C17H26N4O4. The SMILES string of the molecule is CC(C)(C)OC(=O)N1CCc2[nH]nc(C(=O)NCC3CCCO3)c2C1. The van der Waals surface area contributed by atoms with Crippen molar-refractivity contribution in [2.45, 2.75) is 58.3 Å². The minimum atomic E-state index is -0.546. The number of rotatable bonds is 3. The zero-order valence-electron chi connectivity index (χ0n) is 15.1. The molecule has 3 rings (SSSR count). The molecule has 1 aromatic rings. The van der Waals surface area contributed by atoms with Crippen LogP contribution in [0.2, 0.25) is 0 Å². The van der Waals surface area contributed by atoms with Gasteiger partial charge in [-0.2, -0.15) is 5.10 Å². The molecule has 1 unspecified atom stereocenters. The quantitative estimate of drug-likeness (QED) is 0.863. The number of carbonyl (C=O) groups is 2. The molecule has 0 aromatic carbocycles. The first-order valence-corrected chi connectivity index (χ1v) is 8.77. The molecule has 1 saturated heterocycles. The van der Waals surface area contributed by atoms with E-state index in [1.54, 1.807) is 4.90 Å². The maximum Gasteiger partial charge on any atom is 0.410 e. The van der Waals surface area contributed by atoms with Gasteiger partial charge in [0, 0.05) is 37.4 Å². The van der Waals surface area contributed by atoms with Gasteiger partial charge < -0.3 is 19.7 Å². The molecule has 0 aliphatic carbocycles. The summed E-state index contributed by atoms with van der Waals surface area (Å²) in [6.07, 6.45) is 2.33. The van der Waals surface area contributed by atoms with E-state index in [4.69, 9.17) is 9.47 Å². The third kappa shape index (κ3) is 4.31. The van der Waals surface area contributed by atoms with Crippen LogP contribution in [-0.2, 0) is 22.4 Å². The Morgan fingerprint density at radius 2 is 2.24 bits per heavy atom. The zero-order valence-corrected chi connectivity index (χ0v) is 15.1. The first-order chi connectivity index (χ1) is 11.8. The van der Waals surface area contributed by atoms with E-state index in [-0.39, 0.29) is 18.1 Å².